The molecule has 0 amide bonds. The Morgan fingerprint density at radius 3 is 2.30 bits per heavy atom. The lowest BCUT2D eigenvalue weighted by Gasteiger charge is -2.23. The molecule has 0 heterocycles. The van der Waals surface area contributed by atoms with Gasteiger partial charge in [0, 0.05) is 12.6 Å². The van der Waals surface area contributed by atoms with Gasteiger partial charge in [0.25, 0.3) is 0 Å². The molecule has 2 aliphatic carbocycles. The molecule has 2 saturated carbocycles. The first-order chi connectivity index (χ1) is 9.39. The Hall–Kier alpha value is -1.07. The fourth-order valence-corrected chi connectivity index (χ4v) is 4.47. The maximum Gasteiger partial charge on any atom is 0.245 e. The van der Waals surface area contributed by atoms with E-state index in [0.29, 0.717) is 18.2 Å². The van der Waals surface area contributed by atoms with Crippen LogP contribution in [0.4, 0.5) is 5.69 Å². The van der Waals surface area contributed by atoms with Crippen LogP contribution in [0.25, 0.3) is 0 Å². The molecule has 0 saturated heterocycles. The summed E-state index contributed by atoms with van der Waals surface area (Å²) in [5, 5.41) is 0. The largest absolute Gasteiger partial charge is 0.398 e. The fourth-order valence-electron chi connectivity index (χ4n) is 2.52. The van der Waals surface area contributed by atoms with Crippen molar-refractivity contribution in [2.45, 2.75) is 50.5 Å². The van der Waals surface area contributed by atoms with E-state index in [1.807, 2.05) is 13.8 Å². The molecule has 4 nitrogen and oxygen atoms in total. The van der Waals surface area contributed by atoms with Crippen molar-refractivity contribution < 1.29 is 8.42 Å². The van der Waals surface area contributed by atoms with Crippen LogP contribution >= 0.6 is 0 Å². The zero-order chi connectivity index (χ0) is 14.5. The molecule has 0 bridgehead atoms. The average Bonchev–Trinajstić information content (AvgIpc) is 3.24. The first kappa shape index (κ1) is 13.9. The Bertz CT molecular complexity index is 632. The zero-order valence-corrected chi connectivity index (χ0v) is 12.9. The summed E-state index contributed by atoms with van der Waals surface area (Å²) in [4.78, 5) is 0.285. The van der Waals surface area contributed by atoms with E-state index in [9.17, 15) is 8.42 Å². The maximum atomic E-state index is 12.9. The molecule has 2 N–H and O–H groups in total. The van der Waals surface area contributed by atoms with Crippen molar-refractivity contribution in [1.29, 1.82) is 0 Å². The minimum atomic E-state index is -3.45. The number of nitrogens with zero attached hydrogens (tertiary/aromatic N) is 1. The van der Waals surface area contributed by atoms with E-state index in [2.05, 4.69) is 0 Å². The molecule has 0 atom stereocenters. The summed E-state index contributed by atoms with van der Waals surface area (Å²) in [6.07, 6.45) is 4.27. The molecule has 0 unspecified atom stereocenters. The van der Waals surface area contributed by atoms with E-state index in [0.717, 1.165) is 36.8 Å². The molecule has 2 aliphatic rings. The van der Waals surface area contributed by atoms with Gasteiger partial charge >= 0.3 is 0 Å². The summed E-state index contributed by atoms with van der Waals surface area (Å²) in [5.74, 6) is 0.554. The lowest BCUT2D eigenvalue weighted by Crippen LogP contribution is -2.35. The number of sulfonamides is 1. The van der Waals surface area contributed by atoms with Crippen LogP contribution in [-0.4, -0.2) is 25.3 Å². The van der Waals surface area contributed by atoms with Crippen LogP contribution < -0.4 is 5.73 Å². The predicted molar refractivity (Wildman–Crippen MR) is 80.0 cm³/mol. The fraction of sp³-hybridized carbons (Fsp3) is 0.600. The highest BCUT2D eigenvalue weighted by molar-refractivity contribution is 7.89. The minimum Gasteiger partial charge on any atom is -0.398 e. The molecule has 3 rings (SSSR count). The molecular weight excluding hydrogens is 272 g/mol. The minimum absolute atomic E-state index is 0.196. The molecule has 0 aromatic heterocycles. The third kappa shape index (κ3) is 2.56. The molecular formula is C15H22N2O2S. The van der Waals surface area contributed by atoms with Gasteiger partial charge in [0.15, 0.2) is 0 Å². The molecule has 0 aliphatic heterocycles. The number of anilines is 1. The number of rotatable bonds is 5. The van der Waals surface area contributed by atoms with E-state index in [-0.39, 0.29) is 10.9 Å². The van der Waals surface area contributed by atoms with Gasteiger partial charge in [0.2, 0.25) is 10.0 Å². The number of benzene rings is 1. The van der Waals surface area contributed by atoms with Gasteiger partial charge in [-0.15, -0.1) is 0 Å². The summed E-state index contributed by atoms with van der Waals surface area (Å²) in [7, 11) is -3.45. The molecule has 20 heavy (non-hydrogen) atoms. The third-order valence-electron chi connectivity index (χ3n) is 4.30. The van der Waals surface area contributed by atoms with Gasteiger partial charge < -0.3 is 5.73 Å². The number of nitrogen functional groups attached to an aromatic ring is 1. The van der Waals surface area contributed by atoms with Crippen molar-refractivity contribution in [3.05, 3.63) is 23.3 Å². The number of hydrogen-bond donors (Lipinski definition) is 1. The SMILES string of the molecule is Cc1cc(N)c(S(=O)(=O)N(CC2CC2)C2CC2)cc1C. The number of nitrogens with two attached hydrogens (primary N) is 1. The summed E-state index contributed by atoms with van der Waals surface area (Å²) >= 11 is 0. The quantitative estimate of drug-likeness (QED) is 0.848. The van der Waals surface area contributed by atoms with E-state index in [1.165, 1.54) is 0 Å². The van der Waals surface area contributed by atoms with Gasteiger partial charge in [0.05, 0.1) is 5.69 Å². The monoisotopic (exact) mass is 294 g/mol. The van der Waals surface area contributed by atoms with Crippen LogP contribution in [0.3, 0.4) is 0 Å². The normalized spacial score (nSPS) is 19.6. The smallest absolute Gasteiger partial charge is 0.245 e. The zero-order valence-electron chi connectivity index (χ0n) is 12.1. The van der Waals surface area contributed by atoms with Gasteiger partial charge in [-0.3, -0.25) is 0 Å². The summed E-state index contributed by atoms with van der Waals surface area (Å²) in [6.45, 7) is 4.54. The second-order valence-corrected chi connectivity index (χ2v) is 8.08. The Morgan fingerprint density at radius 1 is 1.15 bits per heavy atom. The number of hydrogen-bond acceptors (Lipinski definition) is 3. The second-order valence-electron chi connectivity index (χ2n) is 6.22. The summed E-state index contributed by atoms with van der Waals surface area (Å²) in [6, 6.07) is 3.69. The van der Waals surface area contributed by atoms with E-state index in [4.69, 9.17) is 5.73 Å². The first-order valence-electron chi connectivity index (χ1n) is 7.28. The van der Waals surface area contributed by atoms with Crippen molar-refractivity contribution >= 4 is 15.7 Å². The van der Waals surface area contributed by atoms with Gasteiger partial charge in [0.1, 0.15) is 4.90 Å². The first-order valence-corrected chi connectivity index (χ1v) is 8.72. The van der Waals surface area contributed by atoms with Gasteiger partial charge in [-0.05, 0) is 68.7 Å². The summed E-state index contributed by atoms with van der Waals surface area (Å²) in [5.41, 5.74) is 8.35. The van der Waals surface area contributed by atoms with Crippen LogP contribution in [0, 0.1) is 19.8 Å². The van der Waals surface area contributed by atoms with Crippen LogP contribution in [-0.2, 0) is 10.0 Å². The van der Waals surface area contributed by atoms with E-state index < -0.39 is 10.0 Å². The van der Waals surface area contributed by atoms with Crippen molar-refractivity contribution in [3.63, 3.8) is 0 Å². The lowest BCUT2D eigenvalue weighted by molar-refractivity contribution is 0.389. The van der Waals surface area contributed by atoms with Crippen molar-refractivity contribution in [1.82, 2.24) is 4.31 Å². The molecule has 1 aromatic rings. The Kier molecular flexibility index (Phi) is 3.29. The van der Waals surface area contributed by atoms with E-state index >= 15 is 0 Å². The van der Waals surface area contributed by atoms with Crippen molar-refractivity contribution in [3.8, 4) is 0 Å². The van der Waals surface area contributed by atoms with Crippen molar-refractivity contribution in [2.75, 3.05) is 12.3 Å². The second kappa shape index (κ2) is 4.74. The Labute approximate surface area is 121 Å². The highest BCUT2D eigenvalue weighted by atomic mass is 32.2. The van der Waals surface area contributed by atoms with E-state index in [1.54, 1.807) is 16.4 Å². The van der Waals surface area contributed by atoms with Crippen LogP contribution in [0.15, 0.2) is 17.0 Å². The molecule has 110 valence electrons. The summed E-state index contributed by atoms with van der Waals surface area (Å²) < 4.78 is 27.5. The van der Waals surface area contributed by atoms with Gasteiger partial charge in [-0.2, -0.15) is 4.31 Å². The Balaban J connectivity index is 1.98. The van der Waals surface area contributed by atoms with Gasteiger partial charge in [-0.1, -0.05) is 0 Å². The average molecular weight is 294 g/mol. The van der Waals surface area contributed by atoms with Gasteiger partial charge in [-0.25, -0.2) is 8.42 Å². The predicted octanol–water partition coefficient (Wildman–Crippen LogP) is 2.45. The topological polar surface area (TPSA) is 63.4 Å². The van der Waals surface area contributed by atoms with Crippen molar-refractivity contribution in [2.24, 2.45) is 5.92 Å². The van der Waals surface area contributed by atoms with Crippen LogP contribution in [0.5, 0.6) is 0 Å². The van der Waals surface area contributed by atoms with Crippen LogP contribution in [0.2, 0.25) is 0 Å². The van der Waals surface area contributed by atoms with Crippen LogP contribution in [0.1, 0.15) is 36.8 Å². The standard InChI is InChI=1S/C15H22N2O2S/c1-10-7-14(16)15(8-11(10)2)20(18,19)17(13-5-6-13)9-12-3-4-12/h7-8,12-13H,3-6,9,16H2,1-2H3. The molecule has 1 aromatic carbocycles. The number of aryl methyl sites for hydroxylation is 2. The molecule has 2 fully saturated rings. The Morgan fingerprint density at radius 2 is 1.75 bits per heavy atom. The lowest BCUT2D eigenvalue weighted by atomic mass is 10.1. The molecule has 5 heteroatoms. The highest BCUT2D eigenvalue weighted by Gasteiger charge is 2.41. The molecule has 0 radical (unpaired) electrons. The maximum absolute atomic E-state index is 12.9. The highest BCUT2D eigenvalue weighted by Crippen LogP contribution is 2.39. The third-order valence-corrected chi connectivity index (χ3v) is 6.28. The molecule has 0 spiro atoms.